The van der Waals surface area contributed by atoms with E-state index in [9.17, 15) is 9.59 Å². The van der Waals surface area contributed by atoms with Crippen molar-refractivity contribution in [3.8, 4) is 0 Å². The van der Waals surface area contributed by atoms with Gasteiger partial charge in [0.05, 0.1) is 19.2 Å². The summed E-state index contributed by atoms with van der Waals surface area (Å²) in [5.41, 5.74) is 5.93. The lowest BCUT2D eigenvalue weighted by molar-refractivity contribution is -0.111. The number of aliphatic imine (C=N–C) groups is 1. The number of methoxy groups -OCH3 is 1. The van der Waals surface area contributed by atoms with Gasteiger partial charge in [0.25, 0.3) is 5.56 Å². The molecule has 0 aromatic carbocycles. The Morgan fingerprint density at radius 1 is 1.33 bits per heavy atom. The standard InChI is InChI=1S/C13H15N5O3/c1-21-10-6-8(9(19)5-7(10)14)16-11-12(15)17-3-2-4-18(17)13(11)20/h6,14H,2-5,15H2,1H3. The van der Waals surface area contributed by atoms with E-state index in [2.05, 4.69) is 4.99 Å². The first-order chi connectivity index (χ1) is 10.0. The molecule has 1 aliphatic carbocycles. The summed E-state index contributed by atoms with van der Waals surface area (Å²) in [7, 11) is 1.42. The number of aromatic nitrogens is 2. The van der Waals surface area contributed by atoms with Crippen LogP contribution in [0.3, 0.4) is 0 Å². The van der Waals surface area contributed by atoms with Crippen molar-refractivity contribution in [3.63, 3.8) is 0 Å². The third kappa shape index (κ3) is 1.99. The van der Waals surface area contributed by atoms with E-state index in [0.717, 1.165) is 6.42 Å². The Kier molecular flexibility index (Phi) is 3.00. The van der Waals surface area contributed by atoms with Gasteiger partial charge in [-0.25, -0.2) is 9.67 Å². The molecule has 0 unspecified atom stereocenters. The number of nitrogens with two attached hydrogens (primary N) is 1. The third-order valence-electron chi connectivity index (χ3n) is 3.63. The molecule has 2 aliphatic rings. The van der Waals surface area contributed by atoms with E-state index >= 15 is 0 Å². The zero-order valence-corrected chi connectivity index (χ0v) is 11.5. The highest BCUT2D eigenvalue weighted by Gasteiger charge is 2.26. The van der Waals surface area contributed by atoms with Crippen LogP contribution in [0.1, 0.15) is 12.8 Å². The second kappa shape index (κ2) is 4.72. The number of carbonyl (C=O) groups excluding carboxylic acids is 1. The summed E-state index contributed by atoms with van der Waals surface area (Å²) in [6.07, 6.45) is 2.15. The lowest BCUT2D eigenvalue weighted by Crippen LogP contribution is -2.24. The normalized spacial score (nSPS) is 19.9. The van der Waals surface area contributed by atoms with Crippen LogP contribution in [0.5, 0.6) is 0 Å². The van der Waals surface area contributed by atoms with Crippen LogP contribution in [0.25, 0.3) is 0 Å². The molecule has 1 aliphatic heterocycles. The molecule has 0 saturated heterocycles. The van der Waals surface area contributed by atoms with Crippen LogP contribution < -0.4 is 11.3 Å². The van der Waals surface area contributed by atoms with Crippen LogP contribution in [0.2, 0.25) is 0 Å². The van der Waals surface area contributed by atoms with Crippen LogP contribution >= 0.6 is 0 Å². The van der Waals surface area contributed by atoms with Crippen LogP contribution in [0.4, 0.5) is 11.5 Å². The van der Waals surface area contributed by atoms with Gasteiger partial charge in [-0.1, -0.05) is 0 Å². The lowest BCUT2D eigenvalue weighted by atomic mass is 10.0. The van der Waals surface area contributed by atoms with Crippen molar-refractivity contribution in [1.29, 1.82) is 5.41 Å². The van der Waals surface area contributed by atoms with Crippen molar-refractivity contribution in [2.24, 2.45) is 4.99 Å². The predicted molar refractivity (Wildman–Crippen MR) is 77.3 cm³/mol. The Balaban J connectivity index is 2.11. The second-order valence-electron chi connectivity index (χ2n) is 4.93. The fourth-order valence-electron chi connectivity index (χ4n) is 2.56. The van der Waals surface area contributed by atoms with Crippen molar-refractivity contribution in [3.05, 3.63) is 22.2 Å². The van der Waals surface area contributed by atoms with Crippen molar-refractivity contribution >= 4 is 28.7 Å². The van der Waals surface area contributed by atoms with Gasteiger partial charge in [-0.3, -0.25) is 14.3 Å². The fraction of sp³-hybridized carbons (Fsp3) is 0.385. The minimum absolute atomic E-state index is 0.0817. The molecular formula is C13H15N5O3. The maximum Gasteiger partial charge on any atom is 0.294 e. The van der Waals surface area contributed by atoms with E-state index in [1.807, 2.05) is 0 Å². The molecule has 0 atom stereocenters. The summed E-state index contributed by atoms with van der Waals surface area (Å²) in [4.78, 5) is 28.3. The highest BCUT2D eigenvalue weighted by Crippen LogP contribution is 2.23. The largest absolute Gasteiger partial charge is 0.495 e. The first-order valence-electron chi connectivity index (χ1n) is 6.57. The maximum absolute atomic E-state index is 12.2. The Morgan fingerprint density at radius 3 is 2.71 bits per heavy atom. The molecule has 0 amide bonds. The number of hydrogen-bond donors (Lipinski definition) is 2. The first kappa shape index (κ1) is 13.3. The number of hydrogen-bond acceptors (Lipinski definition) is 6. The van der Waals surface area contributed by atoms with Crippen LogP contribution in [-0.4, -0.2) is 33.7 Å². The van der Waals surface area contributed by atoms with Gasteiger partial charge in [0, 0.05) is 19.2 Å². The molecule has 1 aromatic rings. The van der Waals surface area contributed by atoms with Crippen LogP contribution in [-0.2, 0) is 22.6 Å². The monoisotopic (exact) mass is 289 g/mol. The number of allylic oxidation sites excluding steroid dienone is 2. The zero-order chi connectivity index (χ0) is 15.1. The molecule has 2 heterocycles. The average molecular weight is 289 g/mol. The smallest absolute Gasteiger partial charge is 0.294 e. The summed E-state index contributed by atoms with van der Waals surface area (Å²) in [6, 6.07) is 0. The van der Waals surface area contributed by atoms with Gasteiger partial charge in [0.15, 0.2) is 17.3 Å². The average Bonchev–Trinajstić information content (AvgIpc) is 3.01. The summed E-state index contributed by atoms with van der Waals surface area (Å²) in [5, 5.41) is 7.64. The maximum atomic E-state index is 12.2. The van der Waals surface area contributed by atoms with E-state index in [1.54, 1.807) is 4.68 Å². The molecule has 110 valence electrons. The SMILES string of the molecule is COC1=CC(=Nc2c(N)n3n(c2=O)CCC3)C(=O)CC1=N. The third-order valence-corrected chi connectivity index (χ3v) is 3.63. The molecule has 0 fully saturated rings. The predicted octanol–water partition coefficient (Wildman–Crippen LogP) is 0.231. The van der Waals surface area contributed by atoms with E-state index in [-0.39, 0.29) is 46.5 Å². The molecule has 21 heavy (non-hydrogen) atoms. The Labute approximate surface area is 120 Å². The van der Waals surface area contributed by atoms with Crippen LogP contribution in [0, 0.1) is 5.41 Å². The summed E-state index contributed by atoms with van der Waals surface area (Å²) in [5.74, 6) is 0.223. The highest BCUT2D eigenvalue weighted by molar-refractivity contribution is 6.50. The Morgan fingerprint density at radius 2 is 2.05 bits per heavy atom. The molecule has 3 N–H and O–H groups in total. The van der Waals surface area contributed by atoms with Crippen molar-refractivity contribution in [2.45, 2.75) is 25.9 Å². The second-order valence-corrected chi connectivity index (χ2v) is 4.93. The number of nitrogen functional groups attached to an aromatic ring is 1. The van der Waals surface area contributed by atoms with Gasteiger partial charge in [-0.15, -0.1) is 0 Å². The number of nitrogens with one attached hydrogen (secondary N) is 1. The molecule has 8 heteroatoms. The molecule has 0 bridgehead atoms. The number of rotatable bonds is 2. The number of anilines is 1. The lowest BCUT2D eigenvalue weighted by Gasteiger charge is -2.13. The van der Waals surface area contributed by atoms with Crippen molar-refractivity contribution in [2.75, 3.05) is 12.8 Å². The molecular weight excluding hydrogens is 274 g/mol. The van der Waals surface area contributed by atoms with E-state index in [1.165, 1.54) is 17.9 Å². The number of ketones is 1. The minimum Gasteiger partial charge on any atom is -0.495 e. The van der Waals surface area contributed by atoms with Gasteiger partial charge in [0.2, 0.25) is 0 Å². The molecule has 3 rings (SSSR count). The first-order valence-corrected chi connectivity index (χ1v) is 6.57. The fourth-order valence-corrected chi connectivity index (χ4v) is 2.56. The summed E-state index contributed by atoms with van der Waals surface area (Å²) < 4.78 is 8.24. The van der Waals surface area contributed by atoms with Gasteiger partial charge >= 0.3 is 0 Å². The van der Waals surface area contributed by atoms with Crippen molar-refractivity contribution in [1.82, 2.24) is 9.36 Å². The van der Waals surface area contributed by atoms with Crippen molar-refractivity contribution < 1.29 is 9.53 Å². The van der Waals surface area contributed by atoms with Crippen LogP contribution in [0.15, 0.2) is 21.6 Å². The quantitative estimate of drug-likeness (QED) is 0.810. The van der Waals surface area contributed by atoms with E-state index in [4.69, 9.17) is 15.9 Å². The zero-order valence-electron chi connectivity index (χ0n) is 11.5. The summed E-state index contributed by atoms with van der Waals surface area (Å²) in [6.45, 7) is 1.27. The Hall–Kier alpha value is -2.64. The Bertz CT molecular complexity index is 766. The number of Topliss-reactive ketones (excluding diaryl/α,β-unsaturated/α-hetero) is 1. The number of carbonyl (C=O) groups is 1. The topological polar surface area (TPSA) is 115 Å². The van der Waals surface area contributed by atoms with Gasteiger partial charge in [-0.2, -0.15) is 0 Å². The number of nitrogens with zero attached hydrogens (tertiary/aromatic N) is 3. The van der Waals surface area contributed by atoms with E-state index < -0.39 is 0 Å². The molecule has 0 radical (unpaired) electrons. The molecule has 8 nitrogen and oxygen atoms in total. The molecule has 0 spiro atoms. The van der Waals surface area contributed by atoms with Gasteiger partial charge < -0.3 is 15.9 Å². The molecule has 0 saturated carbocycles. The summed E-state index contributed by atoms with van der Waals surface area (Å²) >= 11 is 0. The molecule has 1 aromatic heterocycles. The minimum atomic E-state index is -0.323. The van der Waals surface area contributed by atoms with Gasteiger partial charge in [0.1, 0.15) is 11.5 Å². The number of fused-ring (bicyclic) bond motifs is 1. The van der Waals surface area contributed by atoms with E-state index in [0.29, 0.717) is 13.1 Å². The highest BCUT2D eigenvalue weighted by atomic mass is 16.5. The van der Waals surface area contributed by atoms with Gasteiger partial charge in [-0.05, 0) is 6.42 Å². The number of ether oxygens (including phenoxy) is 1.